The number of hydrogen-bond acceptors (Lipinski definition) is 9. The summed E-state index contributed by atoms with van der Waals surface area (Å²) in [5.74, 6) is 3.28. The van der Waals surface area contributed by atoms with E-state index in [0.29, 0.717) is 5.82 Å². The van der Waals surface area contributed by atoms with Gasteiger partial charge in [0.25, 0.3) is 0 Å². The van der Waals surface area contributed by atoms with Crippen LogP contribution in [-0.2, 0) is 37.8 Å². The van der Waals surface area contributed by atoms with Crippen LogP contribution < -0.4 is 0 Å². The summed E-state index contributed by atoms with van der Waals surface area (Å²) in [6, 6.07) is 0. The van der Waals surface area contributed by atoms with Crippen molar-refractivity contribution in [1.82, 2.24) is 0 Å². The van der Waals surface area contributed by atoms with Crippen molar-refractivity contribution in [3.05, 3.63) is 35.7 Å². The third kappa shape index (κ3) is 4.84. The van der Waals surface area contributed by atoms with Crippen molar-refractivity contribution in [2.24, 2.45) is 0 Å². The minimum absolute atomic E-state index is 0. The van der Waals surface area contributed by atoms with Crippen molar-refractivity contribution in [3.63, 3.8) is 0 Å². The van der Waals surface area contributed by atoms with Crippen LogP contribution in [0.4, 0.5) is 0 Å². The number of aliphatic hydroxyl groups excluding tert-OH is 1. The average molecular weight is 422 g/mol. The van der Waals surface area contributed by atoms with Gasteiger partial charge in [0.1, 0.15) is 25.7 Å². The second-order valence-corrected chi connectivity index (χ2v) is 6.97. The number of rotatable bonds is 4. The molecule has 0 bridgehead atoms. The highest BCUT2D eigenvalue weighted by Gasteiger charge is 2.63. The first-order valence-electron chi connectivity index (χ1n) is 9.15. The van der Waals surface area contributed by atoms with E-state index in [0.717, 1.165) is 12.2 Å². The van der Waals surface area contributed by atoms with Crippen LogP contribution in [0.25, 0.3) is 0 Å². The average Bonchev–Trinajstić information content (AvgIpc) is 3.26. The first-order valence-corrected chi connectivity index (χ1v) is 9.15. The molecule has 4 heterocycles. The fourth-order valence-electron chi connectivity index (χ4n) is 3.75. The molecular formula is C19H28B2O9. The van der Waals surface area contributed by atoms with Gasteiger partial charge in [-0.25, -0.2) is 0 Å². The van der Waals surface area contributed by atoms with Gasteiger partial charge in [0.05, 0.1) is 6.61 Å². The zero-order chi connectivity index (χ0) is 20.4. The number of carbonyl (C=O) groups is 4. The van der Waals surface area contributed by atoms with E-state index in [-0.39, 0.29) is 71.0 Å². The van der Waals surface area contributed by atoms with Gasteiger partial charge < -0.3 is 23.7 Å². The lowest BCUT2D eigenvalue weighted by molar-refractivity contribution is -0.140. The summed E-state index contributed by atoms with van der Waals surface area (Å²) in [7, 11) is 0. The number of fused-ring (bicyclic) bond motifs is 2. The Hall–Kier alpha value is -2.81. The molecule has 4 aliphatic heterocycles. The molecule has 0 aliphatic carbocycles. The molecule has 0 aromatic rings. The molecule has 0 aromatic carbocycles. The summed E-state index contributed by atoms with van der Waals surface area (Å²) in [6.07, 6.45) is 4.82. The molecule has 4 rings (SSSR count). The van der Waals surface area contributed by atoms with Crippen LogP contribution in [0.2, 0.25) is 0 Å². The largest absolute Gasteiger partial charge is 0.610 e. The summed E-state index contributed by atoms with van der Waals surface area (Å²) in [4.78, 5) is 44.2. The smallest absolute Gasteiger partial charge is 0.581 e. The fraction of sp³-hybridized carbons (Fsp3) is 0.474. The van der Waals surface area contributed by atoms with E-state index in [4.69, 9.17) is 23.7 Å². The van der Waals surface area contributed by atoms with E-state index in [1.807, 2.05) is 13.0 Å². The quantitative estimate of drug-likeness (QED) is 0.533. The number of hydrogen-bond donors (Lipinski definition) is 1. The van der Waals surface area contributed by atoms with Crippen molar-refractivity contribution in [3.8, 4) is 0 Å². The molecule has 0 spiro atoms. The van der Waals surface area contributed by atoms with Gasteiger partial charge in [-0.3, -0.25) is 19.2 Å². The third-order valence-electron chi connectivity index (χ3n) is 4.97. The molecule has 4 saturated heterocycles. The second-order valence-electron chi connectivity index (χ2n) is 6.97. The Labute approximate surface area is 176 Å². The summed E-state index contributed by atoms with van der Waals surface area (Å²) in [5, 5.41) is 8.61. The summed E-state index contributed by atoms with van der Waals surface area (Å²) in [6.45, 7) is -2.08. The Bertz CT molecular complexity index is 644. The molecule has 11 heteroatoms. The van der Waals surface area contributed by atoms with Crippen LogP contribution in [0.1, 0.15) is 53.9 Å². The Morgan fingerprint density at radius 1 is 0.767 bits per heavy atom. The molecule has 1 N–H and O–H groups in total. The lowest BCUT2D eigenvalue weighted by Gasteiger charge is -2.20. The van der Waals surface area contributed by atoms with Crippen LogP contribution in [0.3, 0.4) is 0 Å². The third-order valence-corrected chi connectivity index (χ3v) is 4.97. The van der Waals surface area contributed by atoms with Crippen LogP contribution in [0.15, 0.2) is 24.1 Å². The molecule has 0 amide bonds. The van der Waals surface area contributed by atoms with E-state index < -0.39 is 13.1 Å². The Kier molecular flexibility index (Phi) is 8.24. The minimum atomic E-state index is -2.02. The standard InChI is InChI=1S/C9H11BO4.C8H9BO5.2CH4/c1-2-3-4-10-7(5-8(11)13-10)6-9(12)14-10;10-3-1-2-9-6(4-7(11)13-9)5-8(12)14-9;;/h3-4H,2,5-6H2,1H3;1-2,10H,3-5H2;2*1H4/b4-3+;2-1+;;. The maximum atomic E-state index is 11.1. The molecule has 0 radical (unpaired) electrons. The van der Waals surface area contributed by atoms with E-state index >= 15 is 0 Å². The summed E-state index contributed by atoms with van der Waals surface area (Å²) >= 11 is 0. The number of allylic oxidation sites excluding steroid dienone is 1. The summed E-state index contributed by atoms with van der Waals surface area (Å²) < 4.78 is 20.2. The predicted molar refractivity (Wildman–Crippen MR) is 110 cm³/mol. The highest BCUT2D eigenvalue weighted by Crippen LogP contribution is 2.41. The Morgan fingerprint density at radius 3 is 1.40 bits per heavy atom. The molecule has 0 unspecified atom stereocenters. The van der Waals surface area contributed by atoms with Crippen molar-refractivity contribution in [2.75, 3.05) is 6.61 Å². The van der Waals surface area contributed by atoms with Gasteiger partial charge in [-0.05, 0) is 6.42 Å². The van der Waals surface area contributed by atoms with Gasteiger partial charge in [-0.15, -0.1) is 18.0 Å². The molecule has 0 aromatic heterocycles. The van der Waals surface area contributed by atoms with Crippen molar-refractivity contribution in [1.29, 1.82) is 0 Å². The maximum absolute atomic E-state index is 11.1. The van der Waals surface area contributed by atoms with Crippen LogP contribution >= 0.6 is 0 Å². The zero-order valence-corrected chi connectivity index (χ0v) is 15.4. The lowest BCUT2D eigenvalue weighted by Crippen LogP contribution is -2.38. The van der Waals surface area contributed by atoms with Crippen molar-refractivity contribution < 1.29 is 42.9 Å². The van der Waals surface area contributed by atoms with E-state index in [1.165, 1.54) is 12.1 Å². The topological polar surface area (TPSA) is 125 Å². The van der Waals surface area contributed by atoms with Crippen LogP contribution in [0, 0.1) is 11.6 Å². The Morgan fingerprint density at radius 2 is 1.10 bits per heavy atom. The number of carbonyl (C=O) groups excluding carboxylic acids is 4. The Balaban J connectivity index is 0.000000281. The van der Waals surface area contributed by atoms with Crippen molar-refractivity contribution >= 4 is 37.0 Å². The van der Waals surface area contributed by atoms with E-state index in [9.17, 15) is 19.2 Å². The highest BCUT2D eigenvalue weighted by atomic mass is 16.7. The minimum Gasteiger partial charge on any atom is -0.610 e. The van der Waals surface area contributed by atoms with Crippen LogP contribution in [-0.4, -0.2) is 48.7 Å². The van der Waals surface area contributed by atoms with Gasteiger partial charge >= 0.3 is 37.0 Å². The molecule has 4 fully saturated rings. The van der Waals surface area contributed by atoms with Gasteiger partial charge in [0, 0.05) is 11.6 Å². The molecule has 30 heavy (non-hydrogen) atoms. The van der Waals surface area contributed by atoms with E-state index in [1.54, 1.807) is 5.98 Å². The van der Waals surface area contributed by atoms with Gasteiger partial charge in [0.15, 0.2) is 0 Å². The predicted octanol–water partition coefficient (Wildman–Crippen LogP) is 1.74. The van der Waals surface area contributed by atoms with E-state index in [2.05, 4.69) is 0 Å². The SMILES string of the molecule is C.C.CC/C=C/[B-]12OC(=O)C[C+]1CC(=O)O2.O=C1C[C+]2CC(=O)O[B-]2(/C=C/CO)O1. The molecule has 9 nitrogen and oxygen atoms in total. The lowest BCUT2D eigenvalue weighted by atomic mass is 9.49. The number of aliphatic hydroxyl groups is 1. The monoisotopic (exact) mass is 422 g/mol. The van der Waals surface area contributed by atoms with Gasteiger partial charge in [-0.1, -0.05) is 27.9 Å². The molecule has 0 saturated carbocycles. The summed E-state index contributed by atoms with van der Waals surface area (Å²) in [5.41, 5.74) is 0. The molecule has 164 valence electrons. The van der Waals surface area contributed by atoms with Gasteiger partial charge in [-0.2, -0.15) is 0 Å². The highest BCUT2D eigenvalue weighted by molar-refractivity contribution is 6.84. The maximum Gasteiger partial charge on any atom is 0.581 e. The zero-order valence-electron chi connectivity index (χ0n) is 15.4. The first kappa shape index (κ1) is 25.2. The molecular weight excluding hydrogens is 394 g/mol. The second kappa shape index (κ2) is 9.79. The molecule has 4 aliphatic rings. The van der Waals surface area contributed by atoms with Crippen molar-refractivity contribution in [2.45, 2.75) is 53.9 Å². The first-order chi connectivity index (χ1) is 13.3. The molecule has 0 atom stereocenters. The van der Waals surface area contributed by atoms with Gasteiger partial charge in [0.2, 0.25) is 0 Å². The normalized spacial score (nSPS) is 22.3. The fourth-order valence-corrected chi connectivity index (χ4v) is 3.75. The van der Waals surface area contributed by atoms with Crippen LogP contribution in [0.5, 0.6) is 0 Å².